The van der Waals surface area contributed by atoms with E-state index in [0.29, 0.717) is 65.5 Å². The van der Waals surface area contributed by atoms with Gasteiger partial charge in [0.05, 0.1) is 23.3 Å². The molecule has 0 bridgehead atoms. The number of halogens is 2. The lowest BCUT2D eigenvalue weighted by molar-refractivity contribution is 0.0303. The molecular weight excluding hydrogens is 453 g/mol. The highest BCUT2D eigenvalue weighted by atomic mass is 35.5. The Labute approximate surface area is 195 Å². The number of carbonyl (C=O) groups is 2. The number of rotatable bonds is 5. The molecule has 0 aliphatic carbocycles. The zero-order valence-corrected chi connectivity index (χ0v) is 18.9. The van der Waals surface area contributed by atoms with Crippen molar-refractivity contribution in [2.45, 2.75) is 13.3 Å². The largest absolute Gasteiger partial charge is 0.378 e. The monoisotopic (exact) mass is 473 g/mol. The number of anilines is 1. The SMILES string of the molecule is CCc1nc(C(=O)Nc2cccc(C(=O)N3CCOCC3)c2)nn1-c1c(Cl)cccc1Cl. The molecule has 1 fully saturated rings. The van der Waals surface area contributed by atoms with Crippen molar-refractivity contribution in [3.05, 3.63) is 69.7 Å². The van der Waals surface area contributed by atoms with Gasteiger partial charge in [0.1, 0.15) is 11.5 Å². The number of hydrogen-bond donors (Lipinski definition) is 1. The molecule has 8 nitrogen and oxygen atoms in total. The number of para-hydroxylation sites is 1. The fourth-order valence-electron chi connectivity index (χ4n) is 3.41. The van der Waals surface area contributed by atoms with Crippen LogP contribution in [-0.4, -0.2) is 57.8 Å². The molecule has 1 N–H and O–H groups in total. The van der Waals surface area contributed by atoms with Crippen LogP contribution in [0.1, 0.15) is 33.7 Å². The van der Waals surface area contributed by atoms with Crippen molar-refractivity contribution in [3.63, 3.8) is 0 Å². The zero-order valence-electron chi connectivity index (χ0n) is 17.3. The summed E-state index contributed by atoms with van der Waals surface area (Å²) in [5.74, 6) is -0.0878. The molecule has 1 aromatic heterocycles. The van der Waals surface area contributed by atoms with E-state index in [1.165, 1.54) is 4.68 Å². The molecule has 1 aliphatic heterocycles. The number of aryl methyl sites for hydroxylation is 1. The molecule has 0 spiro atoms. The van der Waals surface area contributed by atoms with E-state index in [9.17, 15) is 9.59 Å². The Kier molecular flexibility index (Phi) is 6.74. The van der Waals surface area contributed by atoms with E-state index < -0.39 is 5.91 Å². The van der Waals surface area contributed by atoms with Crippen LogP contribution in [0.2, 0.25) is 10.0 Å². The molecule has 3 aromatic rings. The molecule has 0 atom stereocenters. The third kappa shape index (κ3) is 4.62. The van der Waals surface area contributed by atoms with Gasteiger partial charge in [0.15, 0.2) is 0 Å². The molecule has 166 valence electrons. The Balaban J connectivity index is 1.56. The van der Waals surface area contributed by atoms with Gasteiger partial charge in [0, 0.05) is 30.8 Å². The second-order valence-corrected chi connectivity index (χ2v) is 7.94. The number of benzene rings is 2. The number of nitrogens with zero attached hydrogens (tertiary/aromatic N) is 4. The van der Waals surface area contributed by atoms with Crippen LogP contribution < -0.4 is 5.32 Å². The maximum absolute atomic E-state index is 12.9. The zero-order chi connectivity index (χ0) is 22.7. The van der Waals surface area contributed by atoms with Crippen molar-refractivity contribution in [2.24, 2.45) is 0 Å². The van der Waals surface area contributed by atoms with E-state index in [1.54, 1.807) is 47.4 Å². The van der Waals surface area contributed by atoms with Gasteiger partial charge in [-0.15, -0.1) is 5.10 Å². The Morgan fingerprint density at radius 2 is 1.78 bits per heavy atom. The van der Waals surface area contributed by atoms with E-state index in [-0.39, 0.29) is 11.7 Å². The lowest BCUT2D eigenvalue weighted by atomic mass is 10.1. The van der Waals surface area contributed by atoms with E-state index in [4.69, 9.17) is 27.9 Å². The van der Waals surface area contributed by atoms with E-state index >= 15 is 0 Å². The standard InChI is InChI=1S/C22H21Cl2N5O3/c1-2-18-26-20(27-29(18)19-16(23)7-4-8-17(19)24)21(30)25-15-6-3-5-14(13-15)22(31)28-9-11-32-12-10-28/h3-8,13H,2,9-12H2,1H3,(H,25,30). The highest BCUT2D eigenvalue weighted by molar-refractivity contribution is 6.37. The van der Waals surface area contributed by atoms with Gasteiger partial charge >= 0.3 is 0 Å². The number of aromatic nitrogens is 3. The van der Waals surface area contributed by atoms with Gasteiger partial charge in [-0.1, -0.05) is 42.3 Å². The third-order valence-electron chi connectivity index (χ3n) is 5.01. The number of carbonyl (C=O) groups excluding carboxylic acids is 2. The lowest BCUT2D eigenvalue weighted by Crippen LogP contribution is -2.40. The maximum Gasteiger partial charge on any atom is 0.295 e. The van der Waals surface area contributed by atoms with Crippen molar-refractivity contribution in [3.8, 4) is 5.69 Å². The summed E-state index contributed by atoms with van der Waals surface area (Å²) in [7, 11) is 0. The fourth-order valence-corrected chi connectivity index (χ4v) is 3.96. The quantitative estimate of drug-likeness (QED) is 0.607. The van der Waals surface area contributed by atoms with Gasteiger partial charge in [-0.3, -0.25) is 9.59 Å². The highest BCUT2D eigenvalue weighted by Crippen LogP contribution is 2.29. The maximum atomic E-state index is 12.9. The van der Waals surface area contributed by atoms with E-state index in [0.717, 1.165) is 0 Å². The summed E-state index contributed by atoms with van der Waals surface area (Å²) >= 11 is 12.6. The minimum Gasteiger partial charge on any atom is -0.378 e. The van der Waals surface area contributed by atoms with Crippen LogP contribution in [0.3, 0.4) is 0 Å². The van der Waals surface area contributed by atoms with Crippen molar-refractivity contribution >= 4 is 40.7 Å². The summed E-state index contributed by atoms with van der Waals surface area (Å²) in [4.78, 5) is 31.7. The second-order valence-electron chi connectivity index (χ2n) is 7.13. The van der Waals surface area contributed by atoms with Crippen LogP contribution >= 0.6 is 23.2 Å². The first-order valence-corrected chi connectivity index (χ1v) is 10.9. The van der Waals surface area contributed by atoms with Gasteiger partial charge < -0.3 is 15.0 Å². The van der Waals surface area contributed by atoms with Gasteiger partial charge in [-0.2, -0.15) is 0 Å². The summed E-state index contributed by atoms with van der Waals surface area (Å²) in [6.07, 6.45) is 0.519. The van der Waals surface area contributed by atoms with Gasteiger partial charge in [-0.25, -0.2) is 9.67 Å². The fraction of sp³-hybridized carbons (Fsp3) is 0.273. The molecule has 0 radical (unpaired) electrons. The summed E-state index contributed by atoms with van der Waals surface area (Å²) in [6, 6.07) is 11.9. The van der Waals surface area contributed by atoms with Crippen LogP contribution in [0.15, 0.2) is 42.5 Å². The number of morpholine rings is 1. The molecule has 2 heterocycles. The molecular formula is C22H21Cl2N5O3. The number of ether oxygens (including phenoxy) is 1. The first-order chi connectivity index (χ1) is 15.5. The molecule has 0 saturated carbocycles. The van der Waals surface area contributed by atoms with Crippen LogP contribution in [0.4, 0.5) is 5.69 Å². The summed E-state index contributed by atoms with van der Waals surface area (Å²) < 4.78 is 6.78. The third-order valence-corrected chi connectivity index (χ3v) is 5.62. The van der Waals surface area contributed by atoms with Gasteiger partial charge in [0.2, 0.25) is 5.82 Å². The second kappa shape index (κ2) is 9.68. The molecule has 10 heteroatoms. The smallest absolute Gasteiger partial charge is 0.295 e. The molecule has 32 heavy (non-hydrogen) atoms. The predicted molar refractivity (Wildman–Crippen MR) is 122 cm³/mol. The van der Waals surface area contributed by atoms with Crippen LogP contribution in [0, 0.1) is 0 Å². The summed E-state index contributed by atoms with van der Waals surface area (Å²) in [5, 5.41) is 7.90. The van der Waals surface area contributed by atoms with Crippen LogP contribution in [0.25, 0.3) is 5.69 Å². The number of nitrogens with one attached hydrogen (secondary N) is 1. The average Bonchev–Trinajstić information content (AvgIpc) is 3.23. The first-order valence-electron chi connectivity index (χ1n) is 10.2. The Hall–Kier alpha value is -2.94. The Morgan fingerprint density at radius 3 is 2.47 bits per heavy atom. The average molecular weight is 474 g/mol. The van der Waals surface area contributed by atoms with Crippen LogP contribution in [0.5, 0.6) is 0 Å². The molecule has 0 unspecified atom stereocenters. The van der Waals surface area contributed by atoms with Gasteiger partial charge in [0.25, 0.3) is 11.8 Å². The number of amides is 2. The Morgan fingerprint density at radius 1 is 1.09 bits per heavy atom. The van der Waals surface area contributed by atoms with E-state index in [2.05, 4.69) is 15.4 Å². The minimum absolute atomic E-state index is 0.0252. The lowest BCUT2D eigenvalue weighted by Gasteiger charge is -2.27. The summed E-state index contributed by atoms with van der Waals surface area (Å²) in [6.45, 7) is 4.02. The van der Waals surface area contributed by atoms with Crippen molar-refractivity contribution in [1.29, 1.82) is 0 Å². The minimum atomic E-state index is -0.502. The molecule has 1 saturated heterocycles. The summed E-state index contributed by atoms with van der Waals surface area (Å²) in [5.41, 5.74) is 1.43. The van der Waals surface area contributed by atoms with Crippen molar-refractivity contribution < 1.29 is 14.3 Å². The van der Waals surface area contributed by atoms with Gasteiger partial charge in [-0.05, 0) is 30.3 Å². The highest BCUT2D eigenvalue weighted by Gasteiger charge is 2.21. The van der Waals surface area contributed by atoms with E-state index in [1.807, 2.05) is 6.92 Å². The van der Waals surface area contributed by atoms with Crippen LogP contribution in [-0.2, 0) is 11.2 Å². The topological polar surface area (TPSA) is 89.3 Å². The number of hydrogen-bond acceptors (Lipinski definition) is 5. The van der Waals surface area contributed by atoms with Crippen molar-refractivity contribution in [2.75, 3.05) is 31.6 Å². The normalized spacial score (nSPS) is 13.8. The molecule has 2 aromatic carbocycles. The molecule has 1 aliphatic rings. The van der Waals surface area contributed by atoms with Crippen molar-refractivity contribution in [1.82, 2.24) is 19.7 Å². The molecule has 2 amide bonds. The molecule has 4 rings (SSSR count). The predicted octanol–water partition coefficient (Wildman–Crippen LogP) is 3.86. The Bertz CT molecular complexity index is 1140. The first kappa shape index (κ1) is 22.3.